The fourth-order valence-electron chi connectivity index (χ4n) is 1.50. The molecule has 1 amide bonds. The highest BCUT2D eigenvalue weighted by atomic mass is 32.1. The van der Waals surface area contributed by atoms with Crippen molar-refractivity contribution in [1.29, 1.82) is 0 Å². The third kappa shape index (κ3) is 2.95. The Morgan fingerprint density at radius 1 is 1.28 bits per heavy atom. The third-order valence-electron chi connectivity index (χ3n) is 2.41. The molecule has 0 radical (unpaired) electrons. The van der Waals surface area contributed by atoms with Gasteiger partial charge in [-0.1, -0.05) is 24.4 Å². The van der Waals surface area contributed by atoms with Gasteiger partial charge in [-0.25, -0.2) is 0 Å². The summed E-state index contributed by atoms with van der Waals surface area (Å²) in [7, 11) is 0. The quantitative estimate of drug-likeness (QED) is 0.823. The zero-order valence-corrected chi connectivity index (χ0v) is 10.4. The van der Waals surface area contributed by atoms with Gasteiger partial charge >= 0.3 is 0 Å². The summed E-state index contributed by atoms with van der Waals surface area (Å²) in [5, 5.41) is 2.75. The number of nitrogens with one attached hydrogen (secondary N) is 1. The van der Waals surface area contributed by atoms with Crippen LogP contribution in [-0.4, -0.2) is 10.9 Å². The number of rotatable bonds is 4. The molecule has 4 nitrogen and oxygen atoms in total. The predicted octanol–water partition coefficient (Wildman–Crippen LogP) is 1.84. The minimum Gasteiger partial charge on any atom is -0.467 e. The van der Waals surface area contributed by atoms with Gasteiger partial charge < -0.3 is 15.5 Å². The van der Waals surface area contributed by atoms with Gasteiger partial charge in [-0.3, -0.25) is 4.79 Å². The summed E-state index contributed by atoms with van der Waals surface area (Å²) in [5.41, 5.74) is 6.72. The molecule has 2 aromatic rings. The number of carbonyl (C=O) groups excluding carboxylic acids is 1. The van der Waals surface area contributed by atoms with Crippen LogP contribution in [0.2, 0.25) is 0 Å². The van der Waals surface area contributed by atoms with Crippen LogP contribution in [0.4, 0.5) is 0 Å². The summed E-state index contributed by atoms with van der Waals surface area (Å²) in [6.07, 6.45) is 1.56. The van der Waals surface area contributed by atoms with Gasteiger partial charge in [-0.2, -0.15) is 0 Å². The summed E-state index contributed by atoms with van der Waals surface area (Å²) in [4.78, 5) is 12.2. The van der Waals surface area contributed by atoms with Gasteiger partial charge in [0, 0.05) is 11.1 Å². The van der Waals surface area contributed by atoms with Crippen LogP contribution in [0.5, 0.6) is 0 Å². The van der Waals surface area contributed by atoms with E-state index >= 15 is 0 Å². The van der Waals surface area contributed by atoms with Crippen molar-refractivity contribution in [2.45, 2.75) is 6.54 Å². The molecule has 1 aromatic heterocycles. The minimum absolute atomic E-state index is 0.190. The van der Waals surface area contributed by atoms with E-state index in [1.807, 2.05) is 0 Å². The smallest absolute Gasteiger partial charge is 0.251 e. The van der Waals surface area contributed by atoms with Gasteiger partial charge in [0.05, 0.1) is 12.8 Å². The van der Waals surface area contributed by atoms with Crippen LogP contribution in [0.25, 0.3) is 0 Å². The largest absolute Gasteiger partial charge is 0.467 e. The first-order chi connectivity index (χ1) is 8.66. The second-order valence-electron chi connectivity index (χ2n) is 3.71. The maximum Gasteiger partial charge on any atom is 0.251 e. The maximum absolute atomic E-state index is 11.9. The van der Waals surface area contributed by atoms with Gasteiger partial charge in [0.2, 0.25) is 0 Å². The van der Waals surface area contributed by atoms with Crippen LogP contribution in [-0.2, 0) is 6.54 Å². The zero-order valence-electron chi connectivity index (χ0n) is 9.55. The Morgan fingerprint density at radius 2 is 2.06 bits per heavy atom. The Morgan fingerprint density at radius 3 is 2.72 bits per heavy atom. The molecule has 0 fully saturated rings. The molecule has 3 N–H and O–H groups in total. The molecule has 0 bridgehead atoms. The highest BCUT2D eigenvalue weighted by Crippen LogP contribution is 2.06. The molecule has 5 heteroatoms. The van der Waals surface area contributed by atoms with E-state index in [1.54, 1.807) is 42.7 Å². The summed E-state index contributed by atoms with van der Waals surface area (Å²) >= 11 is 4.87. The lowest BCUT2D eigenvalue weighted by molar-refractivity contribution is 0.0948. The van der Waals surface area contributed by atoms with Crippen molar-refractivity contribution in [2.24, 2.45) is 5.73 Å². The normalized spacial score (nSPS) is 10.0. The zero-order chi connectivity index (χ0) is 13.0. The Bertz CT molecular complexity index is 564. The van der Waals surface area contributed by atoms with Crippen molar-refractivity contribution in [1.82, 2.24) is 5.32 Å². The first-order valence-corrected chi connectivity index (χ1v) is 5.78. The first kappa shape index (κ1) is 12.3. The number of benzene rings is 1. The number of thiocarbonyl (C=S) groups is 1. The van der Waals surface area contributed by atoms with Crippen molar-refractivity contribution in [3.63, 3.8) is 0 Å². The Kier molecular flexibility index (Phi) is 3.74. The van der Waals surface area contributed by atoms with Crippen LogP contribution < -0.4 is 11.1 Å². The molecule has 1 heterocycles. The standard InChI is InChI=1S/C13H12N2O2S/c14-12(18)9-3-1-4-10(7-9)13(16)15-8-11-5-2-6-17-11/h1-7H,8H2,(H2,14,18)(H,15,16). The van der Waals surface area contributed by atoms with Crippen LogP contribution in [0, 0.1) is 0 Å². The molecule has 18 heavy (non-hydrogen) atoms. The van der Waals surface area contributed by atoms with E-state index in [2.05, 4.69) is 5.32 Å². The van der Waals surface area contributed by atoms with E-state index in [1.165, 1.54) is 0 Å². The predicted molar refractivity (Wildman–Crippen MR) is 72.2 cm³/mol. The van der Waals surface area contributed by atoms with Crippen molar-refractivity contribution in [3.05, 3.63) is 59.5 Å². The van der Waals surface area contributed by atoms with Crippen LogP contribution in [0.1, 0.15) is 21.7 Å². The molecule has 0 aliphatic heterocycles. The highest BCUT2D eigenvalue weighted by molar-refractivity contribution is 7.80. The summed E-state index contributed by atoms with van der Waals surface area (Å²) < 4.78 is 5.13. The van der Waals surface area contributed by atoms with Gasteiger partial charge in [-0.15, -0.1) is 0 Å². The van der Waals surface area contributed by atoms with E-state index in [0.717, 1.165) is 0 Å². The van der Waals surface area contributed by atoms with E-state index in [-0.39, 0.29) is 10.9 Å². The summed E-state index contributed by atoms with van der Waals surface area (Å²) in [6, 6.07) is 10.5. The molecule has 92 valence electrons. The molecule has 0 unspecified atom stereocenters. The Hall–Kier alpha value is -2.14. The monoisotopic (exact) mass is 260 g/mol. The minimum atomic E-state index is -0.190. The number of furan rings is 1. The number of nitrogens with two attached hydrogens (primary N) is 1. The molecule has 1 aromatic carbocycles. The fourth-order valence-corrected chi connectivity index (χ4v) is 1.62. The van der Waals surface area contributed by atoms with Crippen molar-refractivity contribution in [2.75, 3.05) is 0 Å². The van der Waals surface area contributed by atoms with Gasteiger partial charge in [0.15, 0.2) is 0 Å². The van der Waals surface area contributed by atoms with E-state index in [0.29, 0.717) is 23.4 Å². The van der Waals surface area contributed by atoms with E-state index in [4.69, 9.17) is 22.4 Å². The highest BCUT2D eigenvalue weighted by Gasteiger charge is 2.07. The molecule has 0 saturated carbocycles. The number of carbonyl (C=O) groups is 1. The summed E-state index contributed by atoms with van der Waals surface area (Å²) in [5.74, 6) is 0.512. The van der Waals surface area contributed by atoms with Crippen LogP contribution in [0.3, 0.4) is 0 Å². The van der Waals surface area contributed by atoms with Crippen molar-refractivity contribution in [3.8, 4) is 0 Å². The molecular weight excluding hydrogens is 248 g/mol. The first-order valence-electron chi connectivity index (χ1n) is 5.37. The van der Waals surface area contributed by atoms with E-state index < -0.39 is 0 Å². The van der Waals surface area contributed by atoms with Crippen molar-refractivity contribution < 1.29 is 9.21 Å². The summed E-state index contributed by atoms with van der Waals surface area (Å²) in [6.45, 7) is 0.350. The molecule has 0 aliphatic rings. The van der Waals surface area contributed by atoms with Gasteiger partial charge in [0.25, 0.3) is 5.91 Å². The second-order valence-corrected chi connectivity index (χ2v) is 4.15. The molecule has 0 atom stereocenters. The van der Waals surface area contributed by atoms with Crippen LogP contribution in [0.15, 0.2) is 47.1 Å². The Balaban J connectivity index is 2.04. The molecule has 2 rings (SSSR count). The topological polar surface area (TPSA) is 68.3 Å². The average Bonchev–Trinajstić information content (AvgIpc) is 2.89. The maximum atomic E-state index is 11.9. The molecular formula is C13H12N2O2S. The number of amides is 1. The molecule has 0 saturated heterocycles. The fraction of sp³-hybridized carbons (Fsp3) is 0.0769. The number of hydrogen-bond donors (Lipinski definition) is 2. The van der Waals surface area contributed by atoms with Gasteiger partial charge in [0.1, 0.15) is 10.7 Å². The number of hydrogen-bond acceptors (Lipinski definition) is 3. The lowest BCUT2D eigenvalue weighted by Crippen LogP contribution is -2.23. The van der Waals surface area contributed by atoms with Crippen molar-refractivity contribution >= 4 is 23.1 Å². The van der Waals surface area contributed by atoms with Gasteiger partial charge in [-0.05, 0) is 24.3 Å². The average molecular weight is 260 g/mol. The Labute approximate surface area is 110 Å². The lowest BCUT2D eigenvalue weighted by Gasteiger charge is -2.05. The third-order valence-corrected chi connectivity index (χ3v) is 2.65. The second kappa shape index (κ2) is 5.46. The lowest BCUT2D eigenvalue weighted by atomic mass is 10.1. The SMILES string of the molecule is NC(=S)c1cccc(C(=O)NCc2ccco2)c1. The van der Waals surface area contributed by atoms with Crippen LogP contribution >= 0.6 is 12.2 Å². The molecule has 0 spiro atoms. The molecule has 0 aliphatic carbocycles. The van der Waals surface area contributed by atoms with E-state index in [9.17, 15) is 4.79 Å².